The number of halogens is 1. The van der Waals surface area contributed by atoms with Crippen LogP contribution in [0.3, 0.4) is 0 Å². The van der Waals surface area contributed by atoms with Gasteiger partial charge in [0.25, 0.3) is 5.56 Å². The third-order valence-electron chi connectivity index (χ3n) is 2.14. The van der Waals surface area contributed by atoms with E-state index in [1.54, 1.807) is 11.7 Å². The van der Waals surface area contributed by atoms with Crippen LogP contribution in [0.1, 0.15) is 5.82 Å². The predicted molar refractivity (Wildman–Crippen MR) is 58.0 cm³/mol. The Hall–Kier alpha value is -1.89. The topological polar surface area (TPSA) is 91.6 Å². The molecule has 0 saturated carbocycles. The van der Waals surface area contributed by atoms with Gasteiger partial charge < -0.3 is 5.73 Å². The van der Waals surface area contributed by atoms with Crippen LogP contribution in [0, 0.1) is 0 Å². The van der Waals surface area contributed by atoms with Crippen molar-refractivity contribution in [3.63, 3.8) is 0 Å². The molecule has 16 heavy (non-hydrogen) atoms. The van der Waals surface area contributed by atoms with Crippen LogP contribution in [0.25, 0.3) is 0 Å². The van der Waals surface area contributed by atoms with E-state index in [1.807, 2.05) is 0 Å². The van der Waals surface area contributed by atoms with Gasteiger partial charge in [-0.05, 0) is 0 Å². The molecular formula is C8H9ClN6O. The summed E-state index contributed by atoms with van der Waals surface area (Å²) in [7, 11) is 1.74. The van der Waals surface area contributed by atoms with E-state index in [0.29, 0.717) is 5.82 Å². The normalized spacial score (nSPS) is 10.6. The van der Waals surface area contributed by atoms with Crippen LogP contribution >= 0.6 is 11.6 Å². The van der Waals surface area contributed by atoms with Crippen molar-refractivity contribution in [3.8, 4) is 0 Å². The first kappa shape index (κ1) is 10.6. The molecule has 0 aliphatic heterocycles. The first-order valence-electron chi connectivity index (χ1n) is 4.43. The number of anilines is 1. The summed E-state index contributed by atoms with van der Waals surface area (Å²) in [5, 5.41) is 3.91. The smallest absolute Gasteiger partial charge is 0.278 e. The predicted octanol–water partition coefficient (Wildman–Crippen LogP) is -0.344. The number of aryl methyl sites for hydroxylation is 1. The van der Waals surface area contributed by atoms with E-state index in [0.717, 1.165) is 0 Å². The fraction of sp³-hybridized carbons (Fsp3) is 0.250. The summed E-state index contributed by atoms with van der Waals surface area (Å²) < 4.78 is 2.89. The summed E-state index contributed by atoms with van der Waals surface area (Å²) in [6.07, 6.45) is 2.74. The molecule has 2 aromatic rings. The summed E-state index contributed by atoms with van der Waals surface area (Å²) in [6.45, 7) is 0.254. The van der Waals surface area contributed by atoms with Gasteiger partial charge in [-0.1, -0.05) is 11.6 Å². The molecule has 0 atom stereocenters. The Morgan fingerprint density at radius 1 is 1.50 bits per heavy atom. The maximum atomic E-state index is 11.7. The molecule has 84 valence electrons. The second-order valence-electron chi connectivity index (χ2n) is 3.18. The highest BCUT2D eigenvalue weighted by Crippen LogP contribution is 2.08. The van der Waals surface area contributed by atoms with Crippen molar-refractivity contribution < 1.29 is 0 Å². The standard InChI is InChI=1S/C8H9ClN6O/c1-14-5(11-3-13-14)2-15-4-12-7(9)6(10)8(15)16/h3-4H,2,10H2,1H3. The molecule has 0 amide bonds. The molecule has 0 aromatic carbocycles. The lowest BCUT2D eigenvalue weighted by atomic mass is 10.5. The molecule has 0 saturated heterocycles. The Bertz CT molecular complexity index is 574. The molecule has 2 rings (SSSR count). The van der Waals surface area contributed by atoms with Gasteiger partial charge in [0.1, 0.15) is 17.8 Å². The Labute approximate surface area is 95.5 Å². The van der Waals surface area contributed by atoms with Gasteiger partial charge in [0, 0.05) is 7.05 Å². The van der Waals surface area contributed by atoms with Gasteiger partial charge in [-0.2, -0.15) is 5.10 Å². The van der Waals surface area contributed by atoms with E-state index in [-0.39, 0.29) is 22.9 Å². The number of aromatic nitrogens is 5. The van der Waals surface area contributed by atoms with E-state index < -0.39 is 0 Å². The lowest BCUT2D eigenvalue weighted by Gasteiger charge is -2.05. The largest absolute Gasteiger partial charge is 0.392 e. The fourth-order valence-electron chi connectivity index (χ4n) is 1.21. The Kier molecular flexibility index (Phi) is 2.61. The molecule has 2 N–H and O–H groups in total. The molecule has 0 radical (unpaired) electrons. The van der Waals surface area contributed by atoms with Gasteiger partial charge in [0.15, 0.2) is 5.15 Å². The van der Waals surface area contributed by atoms with Crippen LogP contribution in [0.5, 0.6) is 0 Å². The highest BCUT2D eigenvalue weighted by Gasteiger charge is 2.08. The number of rotatable bonds is 2. The Morgan fingerprint density at radius 3 is 2.88 bits per heavy atom. The first-order chi connectivity index (χ1) is 7.59. The molecule has 2 aromatic heterocycles. The number of nitrogen functional groups attached to an aromatic ring is 1. The highest BCUT2D eigenvalue weighted by molar-refractivity contribution is 6.31. The lowest BCUT2D eigenvalue weighted by Crippen LogP contribution is -2.25. The third kappa shape index (κ3) is 1.76. The molecule has 0 aliphatic carbocycles. The minimum Gasteiger partial charge on any atom is -0.392 e. The molecule has 8 heteroatoms. The average Bonchev–Trinajstić information content (AvgIpc) is 2.65. The SMILES string of the molecule is Cn1ncnc1Cn1cnc(Cl)c(N)c1=O. The van der Waals surface area contributed by atoms with Crippen molar-refractivity contribution in [2.75, 3.05) is 5.73 Å². The zero-order chi connectivity index (χ0) is 11.7. The number of nitrogens with two attached hydrogens (primary N) is 1. The van der Waals surface area contributed by atoms with Crippen LogP contribution in [-0.4, -0.2) is 24.3 Å². The highest BCUT2D eigenvalue weighted by atomic mass is 35.5. The van der Waals surface area contributed by atoms with E-state index in [1.165, 1.54) is 17.2 Å². The van der Waals surface area contributed by atoms with E-state index in [4.69, 9.17) is 17.3 Å². The maximum absolute atomic E-state index is 11.7. The van der Waals surface area contributed by atoms with Crippen molar-refractivity contribution in [3.05, 3.63) is 34.0 Å². The van der Waals surface area contributed by atoms with Gasteiger partial charge in [-0.25, -0.2) is 9.97 Å². The van der Waals surface area contributed by atoms with Gasteiger partial charge in [-0.15, -0.1) is 0 Å². The van der Waals surface area contributed by atoms with Crippen molar-refractivity contribution >= 4 is 17.3 Å². The zero-order valence-corrected chi connectivity index (χ0v) is 9.22. The summed E-state index contributed by atoms with van der Waals surface area (Å²) in [5.74, 6) is 0.630. The van der Waals surface area contributed by atoms with Gasteiger partial charge in [0.05, 0.1) is 12.9 Å². The van der Waals surface area contributed by atoms with Crippen molar-refractivity contribution in [2.45, 2.75) is 6.54 Å². The van der Waals surface area contributed by atoms with Crippen LogP contribution in [0.4, 0.5) is 5.69 Å². The van der Waals surface area contributed by atoms with Crippen molar-refractivity contribution in [1.82, 2.24) is 24.3 Å². The second-order valence-corrected chi connectivity index (χ2v) is 3.54. The van der Waals surface area contributed by atoms with Gasteiger partial charge in [0.2, 0.25) is 0 Å². The Morgan fingerprint density at radius 2 is 2.25 bits per heavy atom. The minimum absolute atomic E-state index is 0.0132. The number of hydrogen-bond donors (Lipinski definition) is 1. The minimum atomic E-state index is -0.386. The summed E-state index contributed by atoms with van der Waals surface area (Å²) >= 11 is 5.62. The fourth-order valence-corrected chi connectivity index (χ4v) is 1.34. The molecule has 7 nitrogen and oxygen atoms in total. The second kappa shape index (κ2) is 3.93. The van der Waals surface area contributed by atoms with Gasteiger partial charge >= 0.3 is 0 Å². The third-order valence-corrected chi connectivity index (χ3v) is 2.44. The molecule has 0 unspecified atom stereocenters. The van der Waals surface area contributed by atoms with E-state index >= 15 is 0 Å². The van der Waals surface area contributed by atoms with E-state index in [9.17, 15) is 4.79 Å². The molecule has 0 aliphatic rings. The van der Waals surface area contributed by atoms with Crippen LogP contribution < -0.4 is 11.3 Å². The van der Waals surface area contributed by atoms with Crippen molar-refractivity contribution in [1.29, 1.82) is 0 Å². The lowest BCUT2D eigenvalue weighted by molar-refractivity contribution is 0.634. The maximum Gasteiger partial charge on any atom is 0.278 e. The van der Waals surface area contributed by atoms with Crippen LogP contribution in [-0.2, 0) is 13.6 Å². The summed E-state index contributed by atoms with van der Waals surface area (Å²) in [5.41, 5.74) is 5.03. The van der Waals surface area contributed by atoms with Gasteiger partial charge in [-0.3, -0.25) is 14.0 Å². The monoisotopic (exact) mass is 240 g/mol. The Balaban J connectivity index is 2.40. The van der Waals surface area contributed by atoms with Crippen LogP contribution in [0.15, 0.2) is 17.4 Å². The van der Waals surface area contributed by atoms with Crippen molar-refractivity contribution in [2.24, 2.45) is 7.05 Å². The average molecular weight is 241 g/mol. The number of hydrogen-bond acceptors (Lipinski definition) is 5. The quantitative estimate of drug-likeness (QED) is 0.725. The molecular weight excluding hydrogens is 232 g/mol. The zero-order valence-electron chi connectivity index (χ0n) is 8.46. The molecule has 0 spiro atoms. The number of nitrogens with zero attached hydrogens (tertiary/aromatic N) is 5. The van der Waals surface area contributed by atoms with Crippen LogP contribution in [0.2, 0.25) is 5.15 Å². The first-order valence-corrected chi connectivity index (χ1v) is 4.80. The summed E-state index contributed by atoms with van der Waals surface area (Å²) in [4.78, 5) is 19.5. The summed E-state index contributed by atoms with van der Waals surface area (Å²) in [6, 6.07) is 0. The molecule has 0 bridgehead atoms. The molecule has 0 fully saturated rings. The molecule has 2 heterocycles. The van der Waals surface area contributed by atoms with E-state index in [2.05, 4.69) is 15.1 Å².